The summed E-state index contributed by atoms with van der Waals surface area (Å²) in [5, 5.41) is 0.597. The van der Waals surface area contributed by atoms with Crippen molar-refractivity contribution in [2.75, 3.05) is 11.7 Å². The van der Waals surface area contributed by atoms with Gasteiger partial charge < -0.3 is 14.4 Å². The number of ether oxygens (including phenoxy) is 2. The Morgan fingerprint density at radius 3 is 2.51 bits per heavy atom. The minimum absolute atomic E-state index is 0.0739. The Bertz CT molecular complexity index is 1550. The van der Waals surface area contributed by atoms with E-state index in [9.17, 15) is 14.4 Å². The zero-order valence-corrected chi connectivity index (χ0v) is 20.6. The Hall–Kier alpha value is -3.81. The van der Waals surface area contributed by atoms with Crippen LogP contribution < -0.4 is 14.4 Å². The second kappa shape index (κ2) is 8.10. The van der Waals surface area contributed by atoms with E-state index < -0.39 is 29.8 Å². The summed E-state index contributed by atoms with van der Waals surface area (Å²) >= 11 is 12.5. The van der Waals surface area contributed by atoms with E-state index in [-0.39, 0.29) is 29.1 Å². The maximum absolute atomic E-state index is 14.0. The van der Waals surface area contributed by atoms with Crippen LogP contribution in [0.25, 0.3) is 6.08 Å². The van der Waals surface area contributed by atoms with Gasteiger partial charge in [-0.2, -0.15) is 0 Å². The summed E-state index contributed by atoms with van der Waals surface area (Å²) in [4.78, 5) is 45.1. The third-order valence-electron chi connectivity index (χ3n) is 7.54. The summed E-state index contributed by atoms with van der Waals surface area (Å²) in [6.45, 7) is 0.0739. The van der Waals surface area contributed by atoms with E-state index in [4.69, 9.17) is 32.7 Å². The van der Waals surface area contributed by atoms with Gasteiger partial charge >= 0.3 is 0 Å². The van der Waals surface area contributed by atoms with Crippen molar-refractivity contribution in [3.8, 4) is 11.5 Å². The number of benzene rings is 3. The van der Waals surface area contributed by atoms with Crippen LogP contribution in [0.1, 0.15) is 27.5 Å². The number of hydrogen-bond acceptors (Lipinski definition) is 6. The lowest BCUT2D eigenvalue weighted by atomic mass is 9.83. The van der Waals surface area contributed by atoms with Crippen LogP contribution in [-0.4, -0.2) is 35.3 Å². The standard InChI is InChI=1S/C28H18Cl2N2O5/c29-15-5-7-18(19(30)11-15)26(33)25-23-22(24-17-4-2-1-3-14(17)9-10-31(24)25)27(34)32(28(23)35)16-6-8-20-21(12-16)37-13-36-20/h1-12,22-25H,13H2. The predicted molar refractivity (Wildman–Crippen MR) is 137 cm³/mol. The molecule has 3 aromatic rings. The largest absolute Gasteiger partial charge is 0.454 e. The van der Waals surface area contributed by atoms with E-state index in [1.165, 1.54) is 11.0 Å². The van der Waals surface area contributed by atoms with Crippen LogP contribution in [0, 0.1) is 11.8 Å². The minimum Gasteiger partial charge on any atom is -0.454 e. The molecular weight excluding hydrogens is 515 g/mol. The molecule has 4 aliphatic heterocycles. The van der Waals surface area contributed by atoms with Crippen molar-refractivity contribution >= 4 is 52.6 Å². The molecule has 4 heterocycles. The van der Waals surface area contributed by atoms with E-state index in [0.29, 0.717) is 22.2 Å². The monoisotopic (exact) mass is 532 g/mol. The van der Waals surface area contributed by atoms with E-state index >= 15 is 0 Å². The molecule has 2 amide bonds. The number of amides is 2. The fourth-order valence-electron chi connectivity index (χ4n) is 5.98. The summed E-state index contributed by atoms with van der Waals surface area (Å²) in [6, 6.07) is 15.9. The highest BCUT2D eigenvalue weighted by Gasteiger charge is 2.64. The van der Waals surface area contributed by atoms with Crippen LogP contribution in [-0.2, 0) is 9.59 Å². The highest BCUT2D eigenvalue weighted by Crippen LogP contribution is 2.54. The normalized spacial score (nSPS) is 24.8. The topological polar surface area (TPSA) is 76.1 Å². The summed E-state index contributed by atoms with van der Waals surface area (Å²) in [5.74, 6) is -1.78. The molecule has 4 aliphatic rings. The molecule has 37 heavy (non-hydrogen) atoms. The average molecular weight is 533 g/mol. The smallest absolute Gasteiger partial charge is 0.240 e. The molecule has 0 aliphatic carbocycles. The number of halogens is 2. The van der Waals surface area contributed by atoms with Crippen LogP contribution in [0.2, 0.25) is 10.0 Å². The van der Waals surface area contributed by atoms with Crippen molar-refractivity contribution < 1.29 is 23.9 Å². The van der Waals surface area contributed by atoms with Crippen molar-refractivity contribution in [1.82, 2.24) is 4.90 Å². The molecule has 2 fully saturated rings. The van der Waals surface area contributed by atoms with E-state index in [1.54, 1.807) is 30.3 Å². The zero-order chi connectivity index (χ0) is 25.4. The van der Waals surface area contributed by atoms with Gasteiger partial charge in [-0.25, -0.2) is 4.90 Å². The fourth-order valence-corrected chi connectivity index (χ4v) is 6.49. The van der Waals surface area contributed by atoms with E-state index in [1.807, 2.05) is 41.4 Å². The summed E-state index contributed by atoms with van der Waals surface area (Å²) in [6.07, 6.45) is 3.71. The summed E-state index contributed by atoms with van der Waals surface area (Å²) in [7, 11) is 0. The highest BCUT2D eigenvalue weighted by molar-refractivity contribution is 6.37. The van der Waals surface area contributed by atoms with Gasteiger partial charge in [0.25, 0.3) is 0 Å². The molecule has 2 saturated heterocycles. The zero-order valence-electron chi connectivity index (χ0n) is 19.1. The Morgan fingerprint density at radius 1 is 0.892 bits per heavy atom. The first kappa shape index (κ1) is 22.4. The predicted octanol–water partition coefficient (Wildman–Crippen LogP) is 5.12. The molecule has 184 valence electrons. The number of carbonyl (C=O) groups is 3. The number of anilines is 1. The van der Waals surface area contributed by atoms with Gasteiger partial charge in [-0.15, -0.1) is 0 Å². The maximum atomic E-state index is 14.0. The fraction of sp³-hybridized carbons (Fsp3) is 0.179. The van der Waals surface area contributed by atoms with Crippen molar-refractivity contribution in [2.45, 2.75) is 12.1 Å². The first-order chi connectivity index (χ1) is 17.9. The minimum atomic E-state index is -0.922. The second-order valence-electron chi connectivity index (χ2n) is 9.37. The van der Waals surface area contributed by atoms with Gasteiger partial charge in [0, 0.05) is 22.9 Å². The number of rotatable bonds is 3. The molecule has 7 nitrogen and oxygen atoms in total. The van der Waals surface area contributed by atoms with Crippen LogP contribution in [0.4, 0.5) is 5.69 Å². The highest BCUT2D eigenvalue weighted by atomic mass is 35.5. The average Bonchev–Trinajstić information content (AvgIpc) is 3.56. The van der Waals surface area contributed by atoms with E-state index in [0.717, 1.165) is 11.1 Å². The van der Waals surface area contributed by atoms with E-state index in [2.05, 4.69) is 0 Å². The van der Waals surface area contributed by atoms with Gasteiger partial charge in [-0.1, -0.05) is 47.5 Å². The summed E-state index contributed by atoms with van der Waals surface area (Å²) in [5.41, 5.74) is 2.48. The molecule has 9 heteroatoms. The molecule has 4 atom stereocenters. The molecule has 0 N–H and O–H groups in total. The first-order valence-electron chi connectivity index (χ1n) is 11.8. The Kier molecular flexibility index (Phi) is 4.90. The SMILES string of the molecule is O=C(c1ccc(Cl)cc1Cl)C1C2C(=O)N(c3ccc4c(c3)OCO4)C(=O)C2C2c3ccccc3C=CN12. The van der Waals surface area contributed by atoms with Crippen molar-refractivity contribution in [3.63, 3.8) is 0 Å². The first-order valence-corrected chi connectivity index (χ1v) is 12.5. The Balaban J connectivity index is 1.37. The van der Waals surface area contributed by atoms with Crippen LogP contribution >= 0.6 is 23.2 Å². The lowest BCUT2D eigenvalue weighted by molar-refractivity contribution is -0.123. The third-order valence-corrected chi connectivity index (χ3v) is 8.09. The number of nitrogens with zero attached hydrogens (tertiary/aromatic N) is 2. The molecule has 0 bridgehead atoms. The molecule has 0 aromatic heterocycles. The Morgan fingerprint density at radius 2 is 1.68 bits per heavy atom. The van der Waals surface area contributed by atoms with Gasteiger partial charge in [0.05, 0.1) is 28.6 Å². The number of imide groups is 1. The molecule has 0 spiro atoms. The molecule has 0 saturated carbocycles. The number of Topliss-reactive ketones (excluding diaryl/α,β-unsaturated/α-hetero) is 1. The lowest BCUT2D eigenvalue weighted by Gasteiger charge is -2.35. The van der Waals surface area contributed by atoms with Gasteiger partial charge in [0.1, 0.15) is 6.04 Å². The molecule has 7 rings (SSSR count). The molecular formula is C28H18Cl2N2O5. The van der Waals surface area contributed by atoms with Gasteiger partial charge in [-0.3, -0.25) is 14.4 Å². The van der Waals surface area contributed by atoms with Gasteiger partial charge in [0.15, 0.2) is 17.3 Å². The second-order valence-corrected chi connectivity index (χ2v) is 10.2. The molecule has 0 radical (unpaired) electrons. The third kappa shape index (κ3) is 3.17. The van der Waals surface area contributed by atoms with Gasteiger partial charge in [-0.05, 0) is 47.5 Å². The summed E-state index contributed by atoms with van der Waals surface area (Å²) < 4.78 is 10.8. The van der Waals surface area contributed by atoms with Crippen molar-refractivity contribution in [2.24, 2.45) is 11.8 Å². The lowest BCUT2D eigenvalue weighted by Crippen LogP contribution is -2.44. The van der Waals surface area contributed by atoms with Crippen LogP contribution in [0.15, 0.2) is 66.9 Å². The number of ketones is 1. The van der Waals surface area contributed by atoms with Crippen LogP contribution in [0.5, 0.6) is 11.5 Å². The van der Waals surface area contributed by atoms with Gasteiger partial charge in [0.2, 0.25) is 18.6 Å². The van der Waals surface area contributed by atoms with Crippen molar-refractivity contribution in [1.29, 1.82) is 0 Å². The molecule has 4 unspecified atom stereocenters. The number of fused-ring (bicyclic) bond motifs is 6. The molecule has 3 aromatic carbocycles. The number of hydrogen-bond donors (Lipinski definition) is 0. The maximum Gasteiger partial charge on any atom is 0.240 e. The van der Waals surface area contributed by atoms with Crippen LogP contribution in [0.3, 0.4) is 0 Å². The quantitative estimate of drug-likeness (QED) is 0.344. The Labute approximate surface area is 221 Å². The number of carbonyl (C=O) groups excluding carboxylic acids is 3. The van der Waals surface area contributed by atoms with Crippen molar-refractivity contribution in [3.05, 3.63) is 93.6 Å².